The van der Waals surface area contributed by atoms with Crippen molar-refractivity contribution >= 4 is 0 Å². The first-order chi connectivity index (χ1) is 5.43. The SMILES string of the molecule is OCCNCN1CCNCC1. The van der Waals surface area contributed by atoms with Crippen molar-refractivity contribution in [3.05, 3.63) is 0 Å². The van der Waals surface area contributed by atoms with Crippen molar-refractivity contribution in [2.75, 3.05) is 46.0 Å². The number of aliphatic hydroxyl groups excluding tert-OH is 1. The molecule has 0 aromatic heterocycles. The summed E-state index contributed by atoms with van der Waals surface area (Å²) in [6, 6.07) is 0. The lowest BCUT2D eigenvalue weighted by Crippen LogP contribution is -2.47. The Morgan fingerprint density at radius 3 is 2.73 bits per heavy atom. The van der Waals surface area contributed by atoms with Crippen molar-refractivity contribution in [1.82, 2.24) is 15.5 Å². The molecule has 3 N–H and O–H groups in total. The van der Waals surface area contributed by atoms with E-state index in [1.165, 1.54) is 0 Å². The summed E-state index contributed by atoms with van der Waals surface area (Å²) in [7, 11) is 0. The minimum Gasteiger partial charge on any atom is -0.395 e. The number of nitrogens with zero attached hydrogens (tertiary/aromatic N) is 1. The summed E-state index contributed by atoms with van der Waals surface area (Å²) < 4.78 is 0. The van der Waals surface area contributed by atoms with Crippen LogP contribution < -0.4 is 10.6 Å². The molecule has 1 heterocycles. The summed E-state index contributed by atoms with van der Waals surface area (Å²) in [4.78, 5) is 2.34. The molecule has 1 fully saturated rings. The lowest BCUT2D eigenvalue weighted by atomic mass is 10.4. The topological polar surface area (TPSA) is 47.5 Å². The number of piperazine rings is 1. The van der Waals surface area contributed by atoms with Crippen molar-refractivity contribution in [3.63, 3.8) is 0 Å². The largest absolute Gasteiger partial charge is 0.395 e. The van der Waals surface area contributed by atoms with Gasteiger partial charge in [-0.25, -0.2) is 0 Å². The minimum atomic E-state index is 0.228. The van der Waals surface area contributed by atoms with Crippen LogP contribution in [0.5, 0.6) is 0 Å². The first-order valence-electron chi connectivity index (χ1n) is 4.18. The highest BCUT2D eigenvalue weighted by Crippen LogP contribution is 1.87. The summed E-state index contributed by atoms with van der Waals surface area (Å²) >= 11 is 0. The lowest BCUT2D eigenvalue weighted by molar-refractivity contribution is 0.211. The van der Waals surface area contributed by atoms with Gasteiger partial charge in [-0.15, -0.1) is 0 Å². The number of nitrogens with one attached hydrogen (secondary N) is 2. The van der Waals surface area contributed by atoms with Gasteiger partial charge >= 0.3 is 0 Å². The van der Waals surface area contributed by atoms with E-state index < -0.39 is 0 Å². The second-order valence-corrected chi connectivity index (χ2v) is 2.75. The lowest BCUT2D eigenvalue weighted by Gasteiger charge is -2.27. The van der Waals surface area contributed by atoms with Gasteiger partial charge in [-0.2, -0.15) is 0 Å². The van der Waals surface area contributed by atoms with Gasteiger partial charge in [0.05, 0.1) is 6.61 Å². The highest BCUT2D eigenvalue weighted by Gasteiger charge is 2.07. The van der Waals surface area contributed by atoms with Crippen LogP contribution in [0.25, 0.3) is 0 Å². The smallest absolute Gasteiger partial charge is 0.0556 e. The van der Waals surface area contributed by atoms with Gasteiger partial charge in [-0.1, -0.05) is 0 Å². The molecule has 11 heavy (non-hydrogen) atoms. The first kappa shape index (κ1) is 8.93. The molecule has 4 nitrogen and oxygen atoms in total. The maximum absolute atomic E-state index is 8.50. The average Bonchev–Trinajstić information content (AvgIpc) is 2.07. The molecule has 0 unspecified atom stereocenters. The Morgan fingerprint density at radius 1 is 1.36 bits per heavy atom. The molecular weight excluding hydrogens is 142 g/mol. The van der Waals surface area contributed by atoms with Crippen molar-refractivity contribution in [3.8, 4) is 0 Å². The van der Waals surface area contributed by atoms with Crippen LogP contribution in [-0.4, -0.2) is 56.0 Å². The van der Waals surface area contributed by atoms with Crippen LogP contribution in [0.1, 0.15) is 0 Å². The molecule has 4 heteroatoms. The average molecular weight is 159 g/mol. The quantitative estimate of drug-likeness (QED) is 0.434. The molecule has 0 aromatic carbocycles. The van der Waals surface area contributed by atoms with Gasteiger partial charge in [0.25, 0.3) is 0 Å². The molecule has 1 saturated heterocycles. The minimum absolute atomic E-state index is 0.228. The van der Waals surface area contributed by atoms with Crippen molar-refractivity contribution in [1.29, 1.82) is 0 Å². The van der Waals surface area contributed by atoms with Crippen molar-refractivity contribution < 1.29 is 5.11 Å². The van der Waals surface area contributed by atoms with Gasteiger partial charge in [0.2, 0.25) is 0 Å². The molecule has 0 aromatic rings. The van der Waals surface area contributed by atoms with Crippen LogP contribution in [0, 0.1) is 0 Å². The number of rotatable bonds is 4. The first-order valence-corrected chi connectivity index (χ1v) is 4.18. The molecule has 0 spiro atoms. The third-order valence-electron chi connectivity index (χ3n) is 1.83. The van der Waals surface area contributed by atoms with E-state index >= 15 is 0 Å². The Morgan fingerprint density at radius 2 is 2.09 bits per heavy atom. The van der Waals surface area contributed by atoms with E-state index in [0.717, 1.165) is 32.8 Å². The molecule has 0 amide bonds. The Labute approximate surface area is 67.6 Å². The summed E-state index contributed by atoms with van der Waals surface area (Å²) in [5.41, 5.74) is 0. The zero-order valence-corrected chi connectivity index (χ0v) is 6.84. The second-order valence-electron chi connectivity index (χ2n) is 2.75. The number of hydrogen-bond acceptors (Lipinski definition) is 4. The van der Waals surface area contributed by atoms with E-state index in [1.807, 2.05) is 0 Å². The Balaban J connectivity index is 1.96. The molecule has 66 valence electrons. The molecule has 0 atom stereocenters. The molecule has 1 aliphatic rings. The molecule has 0 saturated carbocycles. The van der Waals surface area contributed by atoms with E-state index in [0.29, 0.717) is 6.54 Å². The van der Waals surface area contributed by atoms with Gasteiger partial charge in [0.15, 0.2) is 0 Å². The summed E-state index contributed by atoms with van der Waals surface area (Å²) in [6.07, 6.45) is 0. The summed E-state index contributed by atoms with van der Waals surface area (Å²) in [6.45, 7) is 6.22. The Hall–Kier alpha value is -0.160. The fourth-order valence-electron chi connectivity index (χ4n) is 1.19. The standard InChI is InChI=1S/C7H17N3O/c11-6-3-9-7-10-4-1-8-2-5-10/h8-9,11H,1-7H2. The zero-order chi connectivity index (χ0) is 7.94. The Kier molecular flexibility index (Phi) is 4.45. The second kappa shape index (κ2) is 5.49. The zero-order valence-electron chi connectivity index (χ0n) is 6.84. The van der Waals surface area contributed by atoms with Crippen LogP contribution >= 0.6 is 0 Å². The third-order valence-corrected chi connectivity index (χ3v) is 1.83. The van der Waals surface area contributed by atoms with Crippen LogP contribution in [0.2, 0.25) is 0 Å². The molecule has 0 aliphatic carbocycles. The summed E-state index contributed by atoms with van der Waals surface area (Å²) in [5, 5.41) is 14.9. The summed E-state index contributed by atoms with van der Waals surface area (Å²) in [5.74, 6) is 0. The van der Waals surface area contributed by atoms with Crippen molar-refractivity contribution in [2.45, 2.75) is 0 Å². The van der Waals surface area contributed by atoms with Gasteiger partial charge < -0.3 is 15.7 Å². The van der Waals surface area contributed by atoms with Crippen LogP contribution in [0.15, 0.2) is 0 Å². The predicted octanol–water partition coefficient (Wildman–Crippen LogP) is -1.57. The molecule has 1 aliphatic heterocycles. The number of aliphatic hydroxyl groups is 1. The van der Waals surface area contributed by atoms with Crippen LogP contribution in [0.4, 0.5) is 0 Å². The van der Waals surface area contributed by atoms with Gasteiger partial charge in [0.1, 0.15) is 0 Å². The molecule has 0 bridgehead atoms. The maximum Gasteiger partial charge on any atom is 0.0556 e. The van der Waals surface area contributed by atoms with Crippen molar-refractivity contribution in [2.24, 2.45) is 0 Å². The van der Waals surface area contributed by atoms with Gasteiger partial charge in [-0.3, -0.25) is 4.90 Å². The normalized spacial score (nSPS) is 20.5. The molecule has 1 rings (SSSR count). The van der Waals surface area contributed by atoms with Crippen LogP contribution in [-0.2, 0) is 0 Å². The molecular formula is C7H17N3O. The fraction of sp³-hybridized carbons (Fsp3) is 1.00. The fourth-order valence-corrected chi connectivity index (χ4v) is 1.19. The monoisotopic (exact) mass is 159 g/mol. The maximum atomic E-state index is 8.50. The number of hydrogen-bond donors (Lipinski definition) is 3. The van der Waals surface area contributed by atoms with E-state index in [-0.39, 0.29) is 6.61 Å². The van der Waals surface area contributed by atoms with E-state index in [1.54, 1.807) is 0 Å². The Bertz CT molecular complexity index is 93.7. The molecule has 0 radical (unpaired) electrons. The van der Waals surface area contributed by atoms with Crippen LogP contribution in [0.3, 0.4) is 0 Å². The highest BCUT2D eigenvalue weighted by atomic mass is 16.3. The van der Waals surface area contributed by atoms with Gasteiger partial charge in [-0.05, 0) is 0 Å². The van der Waals surface area contributed by atoms with E-state index in [2.05, 4.69) is 15.5 Å². The van der Waals surface area contributed by atoms with Gasteiger partial charge in [0, 0.05) is 39.4 Å². The highest BCUT2D eigenvalue weighted by molar-refractivity contribution is 4.66. The predicted molar refractivity (Wildman–Crippen MR) is 44.4 cm³/mol. The third kappa shape index (κ3) is 3.67. The van der Waals surface area contributed by atoms with E-state index in [4.69, 9.17) is 5.11 Å². The van der Waals surface area contributed by atoms with E-state index in [9.17, 15) is 0 Å².